The molecule has 1 N–H and O–H groups in total. The van der Waals surface area contributed by atoms with Crippen LogP contribution >= 0.6 is 11.8 Å². The molecule has 2 amide bonds. The molecule has 1 saturated heterocycles. The fourth-order valence-corrected chi connectivity index (χ4v) is 6.15. The van der Waals surface area contributed by atoms with Crippen molar-refractivity contribution in [1.82, 2.24) is 9.47 Å². The first-order chi connectivity index (χ1) is 17.4. The summed E-state index contributed by atoms with van der Waals surface area (Å²) in [6, 6.07) is 11.8. The van der Waals surface area contributed by atoms with Crippen molar-refractivity contribution in [3.8, 4) is 0 Å². The van der Waals surface area contributed by atoms with E-state index in [2.05, 4.69) is 10.2 Å². The van der Waals surface area contributed by atoms with Gasteiger partial charge in [0.05, 0.1) is 29.5 Å². The van der Waals surface area contributed by atoms with E-state index in [1.807, 2.05) is 25.2 Å². The third kappa shape index (κ3) is 3.94. The van der Waals surface area contributed by atoms with Gasteiger partial charge in [0.15, 0.2) is 0 Å². The number of carbonyl (C=O) groups is 2. The molecule has 6 rings (SSSR count). The Morgan fingerprint density at radius 2 is 1.97 bits per heavy atom. The predicted molar refractivity (Wildman–Crippen MR) is 136 cm³/mol. The van der Waals surface area contributed by atoms with Crippen LogP contribution in [0.15, 0.2) is 52.2 Å². The number of pyridine rings is 1. The normalized spacial score (nSPS) is 20.7. The zero-order valence-electron chi connectivity index (χ0n) is 19.7. The number of nitrogens with zero attached hydrogens (tertiary/aromatic N) is 3. The SMILES string of the molecule is CN(CCC[C@@H]1CN(c2ccc3c(c2)NC(=O)CS3)C(=O)O1)[C@@H]1Cn2c(=O)ccc3ccc(F)c1c32. The molecule has 1 aromatic heterocycles. The van der Waals surface area contributed by atoms with E-state index in [0.717, 1.165) is 16.7 Å². The van der Waals surface area contributed by atoms with Gasteiger partial charge in [0.1, 0.15) is 11.9 Å². The minimum absolute atomic E-state index is 0.0537. The average molecular weight is 509 g/mol. The summed E-state index contributed by atoms with van der Waals surface area (Å²) in [4.78, 5) is 41.3. The van der Waals surface area contributed by atoms with Crippen molar-refractivity contribution in [3.63, 3.8) is 0 Å². The van der Waals surface area contributed by atoms with Crippen LogP contribution in [0.3, 0.4) is 0 Å². The van der Waals surface area contributed by atoms with E-state index >= 15 is 0 Å². The monoisotopic (exact) mass is 508 g/mol. The number of anilines is 2. The number of rotatable bonds is 6. The molecule has 0 bridgehead atoms. The lowest BCUT2D eigenvalue weighted by molar-refractivity contribution is -0.113. The number of halogens is 1. The quantitative estimate of drug-likeness (QED) is 0.543. The highest BCUT2D eigenvalue weighted by atomic mass is 32.2. The Kier molecular flexibility index (Phi) is 5.72. The maximum atomic E-state index is 14.8. The molecule has 3 aromatic rings. The highest BCUT2D eigenvalue weighted by molar-refractivity contribution is 8.00. The van der Waals surface area contributed by atoms with Crippen LogP contribution in [-0.4, -0.2) is 53.5 Å². The third-order valence-corrected chi connectivity index (χ3v) is 8.25. The van der Waals surface area contributed by atoms with E-state index < -0.39 is 6.09 Å². The van der Waals surface area contributed by atoms with Gasteiger partial charge in [-0.05, 0) is 68.2 Å². The lowest BCUT2D eigenvalue weighted by Crippen LogP contribution is -2.29. The van der Waals surface area contributed by atoms with Gasteiger partial charge in [-0.1, -0.05) is 0 Å². The Hall–Kier alpha value is -3.37. The molecular weight excluding hydrogens is 483 g/mol. The average Bonchev–Trinajstić information content (AvgIpc) is 3.45. The van der Waals surface area contributed by atoms with E-state index in [-0.39, 0.29) is 29.4 Å². The molecule has 0 unspecified atom stereocenters. The second-order valence-corrected chi connectivity index (χ2v) is 10.5. The third-order valence-electron chi connectivity index (χ3n) is 7.18. The lowest BCUT2D eigenvalue weighted by atomic mass is 10.0. The van der Waals surface area contributed by atoms with Crippen LogP contribution in [0.5, 0.6) is 0 Å². The van der Waals surface area contributed by atoms with Gasteiger partial charge in [0.25, 0.3) is 5.56 Å². The Balaban J connectivity index is 1.09. The predicted octanol–water partition coefficient (Wildman–Crippen LogP) is 3.98. The van der Waals surface area contributed by atoms with Gasteiger partial charge in [-0.3, -0.25) is 19.4 Å². The fourth-order valence-electron chi connectivity index (χ4n) is 5.37. The summed E-state index contributed by atoms with van der Waals surface area (Å²) in [5, 5.41) is 3.71. The summed E-state index contributed by atoms with van der Waals surface area (Å²) >= 11 is 1.48. The second kappa shape index (κ2) is 8.94. The van der Waals surface area contributed by atoms with Gasteiger partial charge in [0.2, 0.25) is 5.91 Å². The topological polar surface area (TPSA) is 83.9 Å². The van der Waals surface area contributed by atoms with Crippen LogP contribution in [0.4, 0.5) is 20.6 Å². The first-order valence-corrected chi connectivity index (χ1v) is 12.9. The molecule has 0 aliphatic carbocycles. The largest absolute Gasteiger partial charge is 0.444 e. The molecule has 1 fully saturated rings. The zero-order valence-corrected chi connectivity index (χ0v) is 20.5. The summed E-state index contributed by atoms with van der Waals surface area (Å²) in [6.07, 6.45) is 0.756. The number of likely N-dealkylation sites (N-methyl/N-ethyl adjacent to an activating group) is 1. The van der Waals surface area contributed by atoms with Crippen molar-refractivity contribution < 1.29 is 18.7 Å². The number of hydrogen-bond acceptors (Lipinski definition) is 6. The number of amides is 2. The first-order valence-electron chi connectivity index (χ1n) is 12.0. The van der Waals surface area contributed by atoms with Crippen molar-refractivity contribution in [2.45, 2.75) is 36.4 Å². The molecule has 3 aliphatic rings. The minimum atomic E-state index is -0.400. The van der Waals surface area contributed by atoms with E-state index in [4.69, 9.17) is 4.74 Å². The Labute approximate surface area is 211 Å². The number of benzene rings is 2. The van der Waals surface area contributed by atoms with Gasteiger partial charge in [-0.25, -0.2) is 9.18 Å². The van der Waals surface area contributed by atoms with Crippen LogP contribution in [0, 0.1) is 5.82 Å². The summed E-state index contributed by atoms with van der Waals surface area (Å²) in [7, 11) is 1.94. The van der Waals surface area contributed by atoms with Crippen LogP contribution in [-0.2, 0) is 16.1 Å². The molecule has 10 heteroatoms. The summed E-state index contributed by atoms with van der Waals surface area (Å²) < 4.78 is 22.1. The van der Waals surface area contributed by atoms with E-state index in [9.17, 15) is 18.8 Å². The molecule has 8 nitrogen and oxygen atoms in total. The van der Waals surface area contributed by atoms with Crippen LogP contribution in [0.2, 0.25) is 0 Å². The van der Waals surface area contributed by atoms with Gasteiger partial charge in [0, 0.05) is 28.8 Å². The highest BCUT2D eigenvalue weighted by Crippen LogP contribution is 2.37. The summed E-state index contributed by atoms with van der Waals surface area (Å²) in [6.45, 7) is 1.52. The Morgan fingerprint density at radius 3 is 2.83 bits per heavy atom. The van der Waals surface area contributed by atoms with Crippen molar-refractivity contribution in [3.05, 3.63) is 64.2 Å². The molecule has 4 heterocycles. The molecule has 2 atom stereocenters. The van der Waals surface area contributed by atoms with Crippen molar-refractivity contribution in [2.75, 3.05) is 36.1 Å². The van der Waals surface area contributed by atoms with Crippen LogP contribution in [0.25, 0.3) is 10.9 Å². The minimum Gasteiger partial charge on any atom is -0.444 e. The number of ether oxygens (including phenoxy) is 1. The number of fused-ring (bicyclic) bond motifs is 1. The summed E-state index contributed by atoms with van der Waals surface area (Å²) in [5.41, 5.74) is 2.54. The Morgan fingerprint density at radius 1 is 1.14 bits per heavy atom. The highest BCUT2D eigenvalue weighted by Gasteiger charge is 2.34. The molecule has 0 spiro atoms. The molecule has 2 aromatic carbocycles. The number of carbonyl (C=O) groups excluding carboxylic acids is 2. The molecule has 0 saturated carbocycles. The number of cyclic esters (lactones) is 1. The van der Waals surface area contributed by atoms with E-state index in [1.54, 1.807) is 21.6 Å². The number of aromatic nitrogens is 1. The molecule has 0 radical (unpaired) electrons. The smallest absolute Gasteiger partial charge is 0.414 e. The van der Waals surface area contributed by atoms with Gasteiger partial charge >= 0.3 is 6.09 Å². The summed E-state index contributed by atoms with van der Waals surface area (Å²) in [5.74, 6) is 0.0401. The maximum Gasteiger partial charge on any atom is 0.414 e. The second-order valence-electron chi connectivity index (χ2n) is 9.45. The first kappa shape index (κ1) is 23.1. The van der Waals surface area contributed by atoms with Crippen molar-refractivity contribution in [2.24, 2.45) is 0 Å². The molecule has 36 heavy (non-hydrogen) atoms. The van der Waals surface area contributed by atoms with Crippen molar-refractivity contribution >= 4 is 46.0 Å². The van der Waals surface area contributed by atoms with Crippen LogP contribution in [0.1, 0.15) is 24.4 Å². The Bertz CT molecular complexity index is 1460. The lowest BCUT2D eigenvalue weighted by Gasteiger charge is -2.25. The van der Waals surface area contributed by atoms with Crippen LogP contribution < -0.4 is 15.8 Å². The van der Waals surface area contributed by atoms with E-state index in [1.165, 1.54) is 23.9 Å². The zero-order chi connectivity index (χ0) is 25.0. The standard InChI is InChI=1S/C26H25FN4O4S/c1-29(20-13-31-23(33)9-5-15-4-7-18(27)24(20)25(15)31)10-2-3-17-12-30(26(34)35-17)16-6-8-21-19(11-16)28-22(32)14-36-21/h4-9,11,17,20H,2-3,10,12-14H2,1H3,(H,28,32)/t17-,20-/m1/s1. The van der Waals surface area contributed by atoms with Gasteiger partial charge < -0.3 is 14.6 Å². The number of hydrogen-bond donors (Lipinski definition) is 1. The molecule has 186 valence electrons. The van der Waals surface area contributed by atoms with Gasteiger partial charge in [-0.15, -0.1) is 11.8 Å². The van der Waals surface area contributed by atoms with Crippen molar-refractivity contribution in [1.29, 1.82) is 0 Å². The number of thioether (sulfide) groups is 1. The number of nitrogens with one attached hydrogen (secondary N) is 1. The van der Waals surface area contributed by atoms with Gasteiger partial charge in [-0.2, -0.15) is 0 Å². The molecular formula is C26H25FN4O4S. The van der Waals surface area contributed by atoms with E-state index in [0.29, 0.717) is 54.3 Å². The molecule has 3 aliphatic heterocycles. The fraction of sp³-hybridized carbons (Fsp3) is 0.346. The maximum absolute atomic E-state index is 14.8.